The van der Waals surface area contributed by atoms with Crippen LogP contribution >= 0.6 is 0 Å². The lowest BCUT2D eigenvalue weighted by Crippen LogP contribution is -2.45. The number of piperidine rings is 1. The average Bonchev–Trinajstić information content (AvgIpc) is 3.30. The number of aryl methyl sites for hydroxylation is 1. The maximum Gasteiger partial charge on any atom is 0.263 e. The lowest BCUT2D eigenvalue weighted by molar-refractivity contribution is -0.169. The standard InChI is InChI=1S/C19H20N4O3/c1-13-4-2-3-5-14(13)16-15-17(20-12-21-18(15)26-22-16)23-8-6-19(7-9-23)24-10-11-25-19/h2-5,12H,6-11H2,1H3. The second-order valence-electron chi connectivity index (χ2n) is 6.82. The highest BCUT2D eigenvalue weighted by Gasteiger charge is 2.40. The van der Waals surface area contributed by atoms with E-state index in [2.05, 4.69) is 39.1 Å². The predicted octanol–water partition coefficient (Wildman–Crippen LogP) is 2.94. The number of hydrogen-bond acceptors (Lipinski definition) is 7. The van der Waals surface area contributed by atoms with E-state index in [9.17, 15) is 0 Å². The Bertz CT molecular complexity index is 939. The first-order valence-electron chi connectivity index (χ1n) is 8.95. The quantitative estimate of drug-likeness (QED) is 0.702. The molecule has 0 bridgehead atoms. The lowest BCUT2D eigenvalue weighted by atomic mass is 10.0. The normalized spacial score (nSPS) is 19.5. The second-order valence-corrected chi connectivity index (χ2v) is 6.82. The van der Waals surface area contributed by atoms with Gasteiger partial charge in [-0.1, -0.05) is 29.4 Å². The van der Waals surface area contributed by atoms with Gasteiger partial charge in [-0.15, -0.1) is 0 Å². The van der Waals surface area contributed by atoms with Crippen molar-refractivity contribution in [1.29, 1.82) is 0 Å². The van der Waals surface area contributed by atoms with Crippen LogP contribution < -0.4 is 4.90 Å². The molecule has 0 saturated carbocycles. The molecule has 0 atom stereocenters. The Morgan fingerprint density at radius 2 is 1.81 bits per heavy atom. The Morgan fingerprint density at radius 1 is 1.04 bits per heavy atom. The Hall–Kier alpha value is -2.51. The van der Waals surface area contributed by atoms with E-state index >= 15 is 0 Å². The number of rotatable bonds is 2. The Kier molecular flexibility index (Phi) is 3.65. The number of ether oxygens (including phenoxy) is 2. The molecule has 26 heavy (non-hydrogen) atoms. The van der Waals surface area contributed by atoms with Crippen molar-refractivity contribution in [3.8, 4) is 11.3 Å². The van der Waals surface area contributed by atoms with Gasteiger partial charge in [0.25, 0.3) is 5.71 Å². The lowest BCUT2D eigenvalue weighted by Gasteiger charge is -2.38. The van der Waals surface area contributed by atoms with Gasteiger partial charge in [0.05, 0.1) is 13.2 Å². The molecule has 0 N–H and O–H groups in total. The largest absolute Gasteiger partial charge is 0.355 e. The van der Waals surface area contributed by atoms with E-state index in [0.29, 0.717) is 18.9 Å². The van der Waals surface area contributed by atoms with E-state index in [-0.39, 0.29) is 0 Å². The van der Waals surface area contributed by atoms with E-state index in [1.807, 2.05) is 12.1 Å². The number of aromatic nitrogens is 3. The average molecular weight is 352 g/mol. The molecular formula is C19H20N4O3. The van der Waals surface area contributed by atoms with Crippen LogP contribution in [0.4, 0.5) is 5.82 Å². The van der Waals surface area contributed by atoms with Gasteiger partial charge in [0, 0.05) is 31.5 Å². The minimum atomic E-state index is -0.407. The highest BCUT2D eigenvalue weighted by Crippen LogP contribution is 2.38. The Morgan fingerprint density at radius 3 is 2.58 bits per heavy atom. The maximum atomic E-state index is 5.83. The summed E-state index contributed by atoms with van der Waals surface area (Å²) in [6.07, 6.45) is 3.18. The number of nitrogens with zero attached hydrogens (tertiary/aromatic N) is 4. The molecule has 7 nitrogen and oxygen atoms in total. The number of anilines is 1. The van der Waals surface area contributed by atoms with Crippen LogP contribution in [0.5, 0.6) is 0 Å². The summed E-state index contributed by atoms with van der Waals surface area (Å²) in [5.74, 6) is 0.457. The highest BCUT2D eigenvalue weighted by atomic mass is 16.7. The topological polar surface area (TPSA) is 73.5 Å². The molecule has 4 heterocycles. The first-order chi connectivity index (χ1) is 12.8. The van der Waals surface area contributed by atoms with Crippen LogP contribution in [-0.2, 0) is 9.47 Å². The van der Waals surface area contributed by atoms with Gasteiger partial charge in [0.1, 0.15) is 23.2 Å². The summed E-state index contributed by atoms with van der Waals surface area (Å²) in [5.41, 5.74) is 3.49. The highest BCUT2D eigenvalue weighted by molar-refractivity contribution is 5.98. The van der Waals surface area contributed by atoms with Crippen LogP contribution in [0.3, 0.4) is 0 Å². The molecule has 3 aromatic rings. The Labute approximate surface area is 150 Å². The molecule has 134 valence electrons. The summed E-state index contributed by atoms with van der Waals surface area (Å²) in [5, 5.41) is 5.17. The van der Waals surface area contributed by atoms with Gasteiger partial charge in [-0.05, 0) is 12.5 Å². The third-order valence-electron chi connectivity index (χ3n) is 5.29. The fourth-order valence-corrected chi connectivity index (χ4v) is 3.88. The number of benzene rings is 1. The molecule has 2 fully saturated rings. The van der Waals surface area contributed by atoms with Gasteiger partial charge >= 0.3 is 0 Å². The van der Waals surface area contributed by atoms with E-state index in [4.69, 9.17) is 14.0 Å². The first-order valence-corrected chi connectivity index (χ1v) is 8.95. The first kappa shape index (κ1) is 15.7. The second kappa shape index (κ2) is 6.03. The molecule has 5 rings (SSSR count). The molecule has 2 saturated heterocycles. The maximum absolute atomic E-state index is 5.83. The third-order valence-corrected chi connectivity index (χ3v) is 5.29. The predicted molar refractivity (Wildman–Crippen MR) is 95.9 cm³/mol. The van der Waals surface area contributed by atoms with Gasteiger partial charge in [-0.25, -0.2) is 4.98 Å². The third kappa shape index (κ3) is 2.47. The van der Waals surface area contributed by atoms with Crippen molar-refractivity contribution in [1.82, 2.24) is 15.1 Å². The van der Waals surface area contributed by atoms with Gasteiger partial charge in [-0.3, -0.25) is 0 Å². The molecule has 2 aliphatic heterocycles. The fourth-order valence-electron chi connectivity index (χ4n) is 3.88. The van der Waals surface area contributed by atoms with Crippen molar-refractivity contribution in [2.24, 2.45) is 0 Å². The van der Waals surface area contributed by atoms with Gasteiger partial charge in [0.15, 0.2) is 5.79 Å². The monoisotopic (exact) mass is 352 g/mol. The summed E-state index contributed by atoms with van der Waals surface area (Å²) in [6, 6.07) is 8.14. The summed E-state index contributed by atoms with van der Waals surface area (Å²) in [6.45, 7) is 5.05. The van der Waals surface area contributed by atoms with E-state index in [1.54, 1.807) is 0 Å². The minimum absolute atomic E-state index is 0.407. The minimum Gasteiger partial charge on any atom is -0.355 e. The zero-order valence-electron chi connectivity index (χ0n) is 14.6. The summed E-state index contributed by atoms with van der Waals surface area (Å²) >= 11 is 0. The molecule has 2 aliphatic rings. The van der Waals surface area contributed by atoms with E-state index < -0.39 is 5.79 Å². The fraction of sp³-hybridized carbons (Fsp3) is 0.421. The molecule has 0 amide bonds. The van der Waals surface area contributed by atoms with E-state index in [1.165, 1.54) is 6.33 Å². The van der Waals surface area contributed by atoms with Crippen LogP contribution in [0.25, 0.3) is 22.4 Å². The zero-order valence-corrected chi connectivity index (χ0v) is 14.6. The molecule has 1 spiro atoms. The van der Waals surface area contributed by atoms with Gasteiger partial charge in [0.2, 0.25) is 0 Å². The zero-order chi connectivity index (χ0) is 17.6. The van der Waals surface area contributed by atoms with Crippen molar-refractivity contribution in [3.05, 3.63) is 36.2 Å². The smallest absolute Gasteiger partial charge is 0.263 e. The SMILES string of the molecule is Cc1ccccc1-c1noc2ncnc(N3CCC4(CC3)OCCO4)c12. The van der Waals surface area contributed by atoms with Crippen LogP contribution in [-0.4, -0.2) is 47.2 Å². The van der Waals surface area contributed by atoms with Crippen molar-refractivity contribution in [3.63, 3.8) is 0 Å². The van der Waals surface area contributed by atoms with Gasteiger partial charge in [-0.2, -0.15) is 4.98 Å². The van der Waals surface area contributed by atoms with Crippen molar-refractivity contribution in [2.45, 2.75) is 25.6 Å². The molecule has 7 heteroatoms. The summed E-state index contributed by atoms with van der Waals surface area (Å²) < 4.78 is 17.2. The number of hydrogen-bond donors (Lipinski definition) is 0. The van der Waals surface area contributed by atoms with E-state index in [0.717, 1.165) is 54.0 Å². The van der Waals surface area contributed by atoms with Crippen molar-refractivity contribution in [2.75, 3.05) is 31.2 Å². The summed E-state index contributed by atoms with van der Waals surface area (Å²) in [4.78, 5) is 11.1. The van der Waals surface area contributed by atoms with Gasteiger partial charge < -0.3 is 18.9 Å². The molecule has 0 aliphatic carbocycles. The van der Waals surface area contributed by atoms with Crippen molar-refractivity contribution < 1.29 is 14.0 Å². The number of fused-ring (bicyclic) bond motifs is 1. The molecule has 2 aromatic heterocycles. The van der Waals surface area contributed by atoms with Crippen LogP contribution in [0.15, 0.2) is 35.1 Å². The van der Waals surface area contributed by atoms with Crippen LogP contribution in [0.1, 0.15) is 18.4 Å². The van der Waals surface area contributed by atoms with Crippen LogP contribution in [0.2, 0.25) is 0 Å². The Balaban J connectivity index is 1.55. The van der Waals surface area contributed by atoms with Crippen LogP contribution in [0, 0.1) is 6.92 Å². The molecule has 0 unspecified atom stereocenters. The molecular weight excluding hydrogens is 332 g/mol. The summed E-state index contributed by atoms with van der Waals surface area (Å²) in [7, 11) is 0. The van der Waals surface area contributed by atoms with Crippen molar-refractivity contribution >= 4 is 16.9 Å². The molecule has 1 aromatic carbocycles. The molecule has 0 radical (unpaired) electrons.